The summed E-state index contributed by atoms with van der Waals surface area (Å²) in [6, 6.07) is -0.490. The Balaban J connectivity index is 2.16. The van der Waals surface area contributed by atoms with Gasteiger partial charge in [-0.05, 0) is 25.4 Å². The second kappa shape index (κ2) is 8.53. The second-order valence-electron chi connectivity index (χ2n) is 5.89. The summed E-state index contributed by atoms with van der Waals surface area (Å²) in [7, 11) is 0. The number of aliphatic hydroxyl groups is 1. The Labute approximate surface area is 146 Å². The molecule has 1 aliphatic rings. The third-order valence-corrected chi connectivity index (χ3v) is 4.91. The smallest absolute Gasteiger partial charge is 0.245 e. The van der Waals surface area contributed by atoms with Crippen molar-refractivity contribution in [2.75, 3.05) is 18.6 Å². The van der Waals surface area contributed by atoms with Crippen LogP contribution >= 0.6 is 11.8 Å². The van der Waals surface area contributed by atoms with Gasteiger partial charge in [0.25, 0.3) is 0 Å². The number of aliphatic hydroxyl groups excluding tert-OH is 1. The highest BCUT2D eigenvalue weighted by Gasteiger charge is 2.30. The van der Waals surface area contributed by atoms with Crippen molar-refractivity contribution in [1.29, 1.82) is 0 Å². The van der Waals surface area contributed by atoms with Crippen molar-refractivity contribution in [2.45, 2.75) is 52.4 Å². The standard InChI is InChI=1S/C16H26N4O3S/c1-4-20-15-5-7-19(9-12(15)14(10-21)18-20)16(23)13(6-8-24-3)17-11(2)22/h13,21H,4-10H2,1-3H3,(H,17,22)/t13-/m0/s1. The van der Waals surface area contributed by atoms with E-state index in [1.807, 2.05) is 17.9 Å². The van der Waals surface area contributed by atoms with E-state index in [1.165, 1.54) is 6.92 Å². The van der Waals surface area contributed by atoms with Crippen LogP contribution in [0.15, 0.2) is 0 Å². The van der Waals surface area contributed by atoms with E-state index in [0.717, 1.165) is 30.0 Å². The van der Waals surface area contributed by atoms with Crippen LogP contribution in [0.5, 0.6) is 0 Å². The Morgan fingerprint density at radius 1 is 1.46 bits per heavy atom. The minimum atomic E-state index is -0.490. The molecule has 1 aromatic heterocycles. The molecule has 0 radical (unpaired) electrons. The summed E-state index contributed by atoms with van der Waals surface area (Å²) in [5, 5.41) is 16.7. The fourth-order valence-corrected chi connectivity index (χ4v) is 3.57. The van der Waals surface area contributed by atoms with Gasteiger partial charge in [-0.15, -0.1) is 0 Å². The van der Waals surface area contributed by atoms with Crippen LogP contribution in [-0.4, -0.2) is 56.2 Å². The maximum Gasteiger partial charge on any atom is 0.245 e. The highest BCUT2D eigenvalue weighted by atomic mass is 32.2. The summed E-state index contributed by atoms with van der Waals surface area (Å²) >= 11 is 1.65. The van der Waals surface area contributed by atoms with Crippen molar-refractivity contribution in [3.63, 3.8) is 0 Å². The van der Waals surface area contributed by atoms with Crippen LogP contribution in [0.1, 0.15) is 37.2 Å². The number of thioether (sulfide) groups is 1. The maximum absolute atomic E-state index is 12.8. The lowest BCUT2D eigenvalue weighted by Crippen LogP contribution is -2.49. The first-order chi connectivity index (χ1) is 11.5. The van der Waals surface area contributed by atoms with E-state index in [9.17, 15) is 14.7 Å². The molecule has 0 bridgehead atoms. The van der Waals surface area contributed by atoms with Crippen LogP contribution in [0.3, 0.4) is 0 Å². The van der Waals surface area contributed by atoms with Gasteiger partial charge in [0.1, 0.15) is 6.04 Å². The zero-order chi connectivity index (χ0) is 17.7. The number of carbonyl (C=O) groups is 2. The molecule has 0 saturated carbocycles. The fourth-order valence-electron chi connectivity index (χ4n) is 3.10. The molecular formula is C16H26N4O3S. The fraction of sp³-hybridized carbons (Fsp3) is 0.688. The quantitative estimate of drug-likeness (QED) is 0.746. The highest BCUT2D eigenvalue weighted by molar-refractivity contribution is 7.98. The molecule has 2 heterocycles. The number of hydrogen-bond donors (Lipinski definition) is 2. The number of aryl methyl sites for hydroxylation is 1. The molecule has 0 unspecified atom stereocenters. The number of amides is 2. The summed E-state index contributed by atoms with van der Waals surface area (Å²) in [5.41, 5.74) is 2.70. The SMILES string of the molecule is CCn1nc(CO)c2c1CCN(C(=O)[C@H](CCSC)NC(C)=O)C2. The molecule has 0 fully saturated rings. The Hall–Kier alpha value is -1.54. The van der Waals surface area contributed by atoms with Gasteiger partial charge >= 0.3 is 0 Å². The first-order valence-corrected chi connectivity index (χ1v) is 9.64. The summed E-state index contributed by atoms with van der Waals surface area (Å²) in [6.07, 6.45) is 3.32. The molecule has 0 spiro atoms. The third kappa shape index (κ3) is 4.10. The van der Waals surface area contributed by atoms with Crippen LogP contribution in [0.25, 0.3) is 0 Å². The summed E-state index contributed by atoms with van der Waals surface area (Å²) in [4.78, 5) is 26.0. The average molecular weight is 354 g/mol. The summed E-state index contributed by atoms with van der Waals surface area (Å²) in [6.45, 7) is 5.12. The van der Waals surface area contributed by atoms with E-state index in [2.05, 4.69) is 10.4 Å². The van der Waals surface area contributed by atoms with Gasteiger partial charge in [0.2, 0.25) is 11.8 Å². The highest BCUT2D eigenvalue weighted by Crippen LogP contribution is 2.23. The molecule has 1 aromatic rings. The van der Waals surface area contributed by atoms with Gasteiger partial charge in [-0.2, -0.15) is 16.9 Å². The number of hydrogen-bond acceptors (Lipinski definition) is 5. The number of aromatic nitrogens is 2. The van der Waals surface area contributed by atoms with E-state index in [0.29, 0.717) is 25.2 Å². The van der Waals surface area contributed by atoms with Gasteiger partial charge in [0, 0.05) is 44.2 Å². The minimum absolute atomic E-state index is 0.0574. The molecule has 134 valence electrons. The second-order valence-corrected chi connectivity index (χ2v) is 6.88. The molecule has 0 aromatic carbocycles. The first-order valence-electron chi connectivity index (χ1n) is 8.24. The van der Waals surface area contributed by atoms with E-state index < -0.39 is 6.04 Å². The third-order valence-electron chi connectivity index (χ3n) is 4.26. The Morgan fingerprint density at radius 2 is 2.21 bits per heavy atom. The monoisotopic (exact) mass is 354 g/mol. The molecular weight excluding hydrogens is 328 g/mol. The predicted molar refractivity (Wildman–Crippen MR) is 93.5 cm³/mol. The van der Waals surface area contributed by atoms with Gasteiger partial charge in [-0.25, -0.2) is 0 Å². The summed E-state index contributed by atoms with van der Waals surface area (Å²) in [5.74, 6) is 0.561. The summed E-state index contributed by atoms with van der Waals surface area (Å²) < 4.78 is 1.90. The lowest BCUT2D eigenvalue weighted by Gasteiger charge is -2.31. The van der Waals surface area contributed by atoms with E-state index >= 15 is 0 Å². The largest absolute Gasteiger partial charge is 0.390 e. The molecule has 2 N–H and O–H groups in total. The molecule has 1 atom stereocenters. The van der Waals surface area contributed by atoms with Gasteiger partial charge < -0.3 is 15.3 Å². The van der Waals surface area contributed by atoms with Gasteiger partial charge in [-0.1, -0.05) is 0 Å². The molecule has 2 amide bonds. The predicted octanol–water partition coefficient (Wildman–Crippen LogP) is 0.538. The lowest BCUT2D eigenvalue weighted by molar-refractivity contribution is -0.137. The molecule has 0 aliphatic carbocycles. The van der Waals surface area contributed by atoms with Crippen molar-refractivity contribution < 1.29 is 14.7 Å². The molecule has 8 heteroatoms. The van der Waals surface area contributed by atoms with Crippen molar-refractivity contribution in [2.24, 2.45) is 0 Å². The van der Waals surface area contributed by atoms with Gasteiger partial charge in [0.15, 0.2) is 0 Å². The molecule has 24 heavy (non-hydrogen) atoms. The van der Waals surface area contributed by atoms with E-state index in [4.69, 9.17) is 0 Å². The number of carbonyl (C=O) groups excluding carboxylic acids is 2. The van der Waals surface area contributed by atoms with Crippen LogP contribution in [-0.2, 0) is 35.7 Å². The van der Waals surface area contributed by atoms with Crippen LogP contribution in [0.2, 0.25) is 0 Å². The molecule has 7 nitrogen and oxygen atoms in total. The Bertz CT molecular complexity index is 602. The number of nitrogens with one attached hydrogen (secondary N) is 1. The number of nitrogens with zero attached hydrogens (tertiary/aromatic N) is 3. The van der Waals surface area contributed by atoms with E-state index in [-0.39, 0.29) is 18.4 Å². The normalized spacial score (nSPS) is 15.1. The van der Waals surface area contributed by atoms with Crippen molar-refractivity contribution in [3.05, 3.63) is 17.0 Å². The van der Waals surface area contributed by atoms with Gasteiger partial charge in [0.05, 0.1) is 12.3 Å². The average Bonchev–Trinajstić information content (AvgIpc) is 2.94. The first kappa shape index (κ1) is 18.8. The zero-order valence-corrected chi connectivity index (χ0v) is 15.4. The van der Waals surface area contributed by atoms with Gasteiger partial charge in [-0.3, -0.25) is 14.3 Å². The zero-order valence-electron chi connectivity index (χ0n) is 14.5. The Morgan fingerprint density at radius 3 is 2.79 bits per heavy atom. The topological polar surface area (TPSA) is 87.5 Å². The van der Waals surface area contributed by atoms with Crippen LogP contribution < -0.4 is 5.32 Å². The number of fused-ring (bicyclic) bond motifs is 1. The van der Waals surface area contributed by atoms with Crippen LogP contribution in [0, 0.1) is 0 Å². The lowest BCUT2D eigenvalue weighted by atomic mass is 10.0. The van der Waals surface area contributed by atoms with E-state index in [1.54, 1.807) is 16.7 Å². The van der Waals surface area contributed by atoms with Crippen molar-refractivity contribution in [3.8, 4) is 0 Å². The molecule has 1 aliphatic heterocycles. The maximum atomic E-state index is 12.8. The van der Waals surface area contributed by atoms with Crippen molar-refractivity contribution >= 4 is 23.6 Å². The molecule has 0 saturated heterocycles. The minimum Gasteiger partial charge on any atom is -0.390 e. The van der Waals surface area contributed by atoms with Crippen molar-refractivity contribution in [1.82, 2.24) is 20.0 Å². The number of rotatable bonds is 7. The Kier molecular flexibility index (Phi) is 6.68. The molecule has 2 rings (SSSR count). The van der Waals surface area contributed by atoms with Crippen LogP contribution in [0.4, 0.5) is 0 Å².